The molecule has 5 heteroatoms. The van der Waals surface area contributed by atoms with Crippen molar-refractivity contribution in [1.29, 1.82) is 0 Å². The van der Waals surface area contributed by atoms with E-state index in [0.717, 1.165) is 17.7 Å². The zero-order valence-electron chi connectivity index (χ0n) is 15.6. The van der Waals surface area contributed by atoms with Crippen molar-refractivity contribution in [2.75, 3.05) is 17.2 Å². The summed E-state index contributed by atoms with van der Waals surface area (Å²) in [5, 5.41) is 0. The first-order valence-corrected chi connectivity index (χ1v) is 9.62. The number of halogens is 1. The fourth-order valence-electron chi connectivity index (χ4n) is 3.12. The molecule has 0 bridgehead atoms. The molecule has 0 spiro atoms. The van der Waals surface area contributed by atoms with Crippen LogP contribution in [0.15, 0.2) is 36.4 Å². The van der Waals surface area contributed by atoms with Crippen LogP contribution in [-0.2, 0) is 17.0 Å². The minimum absolute atomic E-state index is 0.0221. The predicted molar refractivity (Wildman–Crippen MR) is 110 cm³/mol. The number of nitrogens with two attached hydrogens (primary N) is 1. The molecule has 1 aliphatic heterocycles. The topological polar surface area (TPSA) is 46.3 Å². The SMILES string of the molecule is CCN1C(=O)CC(C)c2cc(N)cc(F)c21.CCc1ccc(CS)cc1. The standard InChI is InChI=1S/C12H15FN2O.C9H12S/c1-3-15-11(16)4-7(2)9-5-8(14)6-10(13)12(9)15;1-2-8-3-5-9(7-10)6-4-8/h5-7H,3-4,14H2,1-2H3;3-6,10H,2,7H2,1H3. The van der Waals surface area contributed by atoms with Crippen molar-refractivity contribution in [3.05, 3.63) is 58.9 Å². The molecule has 1 unspecified atom stereocenters. The van der Waals surface area contributed by atoms with Gasteiger partial charge in [-0.3, -0.25) is 4.79 Å². The first-order valence-electron chi connectivity index (χ1n) is 8.99. The van der Waals surface area contributed by atoms with E-state index in [2.05, 4.69) is 43.8 Å². The number of hydrogen-bond acceptors (Lipinski definition) is 3. The van der Waals surface area contributed by atoms with E-state index in [0.29, 0.717) is 24.3 Å². The van der Waals surface area contributed by atoms with Crippen molar-refractivity contribution in [2.45, 2.75) is 45.3 Å². The molecule has 2 aromatic carbocycles. The van der Waals surface area contributed by atoms with Crippen molar-refractivity contribution in [1.82, 2.24) is 0 Å². The maximum atomic E-state index is 13.8. The highest BCUT2D eigenvalue weighted by Gasteiger charge is 2.30. The Morgan fingerprint density at radius 1 is 1.19 bits per heavy atom. The van der Waals surface area contributed by atoms with Gasteiger partial charge < -0.3 is 10.6 Å². The van der Waals surface area contributed by atoms with Crippen LogP contribution < -0.4 is 10.6 Å². The Morgan fingerprint density at radius 2 is 1.81 bits per heavy atom. The van der Waals surface area contributed by atoms with Gasteiger partial charge in [-0.15, -0.1) is 0 Å². The van der Waals surface area contributed by atoms with E-state index >= 15 is 0 Å². The van der Waals surface area contributed by atoms with Gasteiger partial charge in [0.05, 0.1) is 5.69 Å². The summed E-state index contributed by atoms with van der Waals surface area (Å²) in [6.45, 7) is 6.41. The van der Waals surface area contributed by atoms with E-state index in [1.54, 1.807) is 6.07 Å². The van der Waals surface area contributed by atoms with Crippen LogP contribution in [0.25, 0.3) is 0 Å². The molecule has 140 valence electrons. The molecular formula is C21H27FN2OS. The van der Waals surface area contributed by atoms with Crippen LogP contribution >= 0.6 is 12.6 Å². The van der Waals surface area contributed by atoms with Crippen LogP contribution in [-0.4, -0.2) is 12.5 Å². The van der Waals surface area contributed by atoms with Gasteiger partial charge >= 0.3 is 0 Å². The lowest BCUT2D eigenvalue weighted by atomic mass is 9.90. The minimum atomic E-state index is -0.406. The molecule has 0 aliphatic carbocycles. The molecule has 0 fully saturated rings. The summed E-state index contributed by atoms with van der Waals surface area (Å²) in [5.74, 6) is 0.440. The number of amides is 1. The maximum Gasteiger partial charge on any atom is 0.227 e. The lowest BCUT2D eigenvalue weighted by Gasteiger charge is -2.32. The van der Waals surface area contributed by atoms with Crippen molar-refractivity contribution in [2.24, 2.45) is 0 Å². The van der Waals surface area contributed by atoms with E-state index in [4.69, 9.17) is 5.73 Å². The number of benzene rings is 2. The minimum Gasteiger partial charge on any atom is -0.399 e. The Hall–Kier alpha value is -2.01. The number of carbonyl (C=O) groups is 1. The number of nitrogens with zero attached hydrogens (tertiary/aromatic N) is 1. The number of fused-ring (bicyclic) bond motifs is 1. The molecule has 26 heavy (non-hydrogen) atoms. The number of aryl methyl sites for hydroxylation is 1. The zero-order valence-corrected chi connectivity index (χ0v) is 16.5. The molecule has 1 heterocycles. The summed E-state index contributed by atoms with van der Waals surface area (Å²) >= 11 is 4.17. The van der Waals surface area contributed by atoms with Crippen molar-refractivity contribution < 1.29 is 9.18 Å². The normalized spacial score (nSPS) is 16.0. The first-order chi connectivity index (χ1) is 12.4. The van der Waals surface area contributed by atoms with Crippen LogP contribution in [0.2, 0.25) is 0 Å². The van der Waals surface area contributed by atoms with Gasteiger partial charge in [0.25, 0.3) is 0 Å². The lowest BCUT2D eigenvalue weighted by Crippen LogP contribution is -2.36. The van der Waals surface area contributed by atoms with Crippen LogP contribution in [0.5, 0.6) is 0 Å². The molecule has 2 aromatic rings. The third-order valence-corrected chi connectivity index (χ3v) is 4.99. The summed E-state index contributed by atoms with van der Waals surface area (Å²) in [5.41, 5.74) is 9.96. The summed E-state index contributed by atoms with van der Waals surface area (Å²) < 4.78 is 13.8. The van der Waals surface area contributed by atoms with Gasteiger partial charge in [0.2, 0.25) is 5.91 Å². The fraction of sp³-hybridized carbons (Fsp3) is 0.381. The second kappa shape index (κ2) is 9.08. The van der Waals surface area contributed by atoms with Gasteiger partial charge in [0.1, 0.15) is 5.82 Å². The van der Waals surface area contributed by atoms with Crippen LogP contribution in [0.1, 0.15) is 49.8 Å². The van der Waals surface area contributed by atoms with E-state index in [1.807, 2.05) is 13.8 Å². The number of carbonyl (C=O) groups excluding carboxylic acids is 1. The van der Waals surface area contributed by atoms with Gasteiger partial charge in [-0.05, 0) is 48.1 Å². The smallest absolute Gasteiger partial charge is 0.227 e. The average molecular weight is 375 g/mol. The van der Waals surface area contributed by atoms with Crippen LogP contribution in [0, 0.1) is 5.82 Å². The lowest BCUT2D eigenvalue weighted by molar-refractivity contribution is -0.119. The average Bonchev–Trinajstić information content (AvgIpc) is 2.63. The van der Waals surface area contributed by atoms with E-state index in [9.17, 15) is 9.18 Å². The van der Waals surface area contributed by atoms with Gasteiger partial charge in [-0.25, -0.2) is 4.39 Å². The number of thiol groups is 1. The van der Waals surface area contributed by atoms with E-state index in [1.165, 1.54) is 22.1 Å². The Kier molecular flexibility index (Phi) is 7.09. The highest BCUT2D eigenvalue weighted by Crippen LogP contribution is 2.38. The van der Waals surface area contributed by atoms with Crippen LogP contribution in [0.4, 0.5) is 15.8 Å². The molecule has 2 N–H and O–H groups in total. The molecule has 3 nitrogen and oxygen atoms in total. The molecule has 1 atom stereocenters. The van der Waals surface area contributed by atoms with Gasteiger partial charge in [-0.2, -0.15) is 12.6 Å². The monoisotopic (exact) mass is 374 g/mol. The summed E-state index contributed by atoms with van der Waals surface area (Å²) in [6, 6.07) is 11.6. The van der Waals surface area contributed by atoms with Gasteiger partial charge in [0.15, 0.2) is 0 Å². The van der Waals surface area contributed by atoms with E-state index < -0.39 is 5.82 Å². The molecular weight excluding hydrogens is 347 g/mol. The fourth-order valence-corrected chi connectivity index (χ4v) is 3.34. The Balaban J connectivity index is 0.000000209. The third-order valence-electron chi connectivity index (χ3n) is 4.63. The predicted octanol–water partition coefficient (Wildman–Crippen LogP) is 4.95. The van der Waals surface area contributed by atoms with Gasteiger partial charge in [0, 0.05) is 24.4 Å². The highest BCUT2D eigenvalue weighted by molar-refractivity contribution is 7.79. The zero-order chi connectivity index (χ0) is 19.3. The molecule has 3 rings (SSSR count). The first kappa shape index (κ1) is 20.3. The number of nitrogen functional groups attached to an aromatic ring is 1. The quantitative estimate of drug-likeness (QED) is 0.590. The molecule has 0 aromatic heterocycles. The Labute approximate surface area is 160 Å². The van der Waals surface area contributed by atoms with Crippen molar-refractivity contribution >= 4 is 29.9 Å². The second-order valence-electron chi connectivity index (χ2n) is 6.51. The molecule has 0 radical (unpaired) electrons. The van der Waals surface area contributed by atoms with Crippen molar-refractivity contribution in [3.8, 4) is 0 Å². The summed E-state index contributed by atoms with van der Waals surface area (Å²) in [6.07, 6.45) is 1.54. The third kappa shape index (κ3) is 4.58. The van der Waals surface area contributed by atoms with Gasteiger partial charge in [-0.1, -0.05) is 38.1 Å². The Bertz CT molecular complexity index is 738. The second-order valence-corrected chi connectivity index (χ2v) is 6.83. The van der Waals surface area contributed by atoms with E-state index in [-0.39, 0.29) is 11.8 Å². The maximum absolute atomic E-state index is 13.8. The highest BCUT2D eigenvalue weighted by atomic mass is 32.1. The number of anilines is 2. The summed E-state index contributed by atoms with van der Waals surface area (Å²) in [4.78, 5) is 13.3. The van der Waals surface area contributed by atoms with Crippen molar-refractivity contribution in [3.63, 3.8) is 0 Å². The molecule has 1 aliphatic rings. The number of hydrogen-bond donors (Lipinski definition) is 2. The molecule has 1 amide bonds. The molecule has 0 saturated carbocycles. The van der Waals surface area contributed by atoms with Crippen LogP contribution in [0.3, 0.4) is 0 Å². The molecule has 0 saturated heterocycles. The summed E-state index contributed by atoms with van der Waals surface area (Å²) in [7, 11) is 0. The Morgan fingerprint density at radius 3 is 2.35 bits per heavy atom. The number of rotatable bonds is 3. The largest absolute Gasteiger partial charge is 0.399 e.